The van der Waals surface area contributed by atoms with Crippen molar-refractivity contribution in [3.63, 3.8) is 0 Å². The van der Waals surface area contributed by atoms with Crippen LogP contribution in [-0.2, 0) is 22.3 Å². The van der Waals surface area contributed by atoms with E-state index in [2.05, 4.69) is 20.3 Å². The highest BCUT2D eigenvalue weighted by molar-refractivity contribution is 5.90. The van der Waals surface area contributed by atoms with Gasteiger partial charge >= 0.3 is 18.2 Å². The van der Waals surface area contributed by atoms with E-state index in [0.29, 0.717) is 5.69 Å². The third-order valence-corrected chi connectivity index (χ3v) is 4.87. The first-order valence-electron chi connectivity index (χ1n) is 10.5. The summed E-state index contributed by atoms with van der Waals surface area (Å²) in [6, 6.07) is 10.3. The topological polar surface area (TPSA) is 128 Å². The van der Waals surface area contributed by atoms with Gasteiger partial charge < -0.3 is 19.0 Å². The summed E-state index contributed by atoms with van der Waals surface area (Å²) in [5, 5.41) is 2.51. The largest absolute Gasteiger partial charge is 0.461 e. The number of hydrogen-bond acceptors (Lipinski definition) is 7. The molecule has 36 heavy (non-hydrogen) atoms. The van der Waals surface area contributed by atoms with E-state index in [1.807, 2.05) is 0 Å². The van der Waals surface area contributed by atoms with E-state index in [4.69, 9.17) is 9.47 Å². The smallest absolute Gasteiger partial charge is 0.418 e. The molecule has 0 aliphatic heterocycles. The zero-order valence-corrected chi connectivity index (χ0v) is 18.6. The molecule has 0 aliphatic carbocycles. The minimum Gasteiger partial charge on any atom is -0.461 e. The molecule has 2 aromatic heterocycles. The Morgan fingerprint density at radius 1 is 1.14 bits per heavy atom. The summed E-state index contributed by atoms with van der Waals surface area (Å²) < 4.78 is 52.4. The number of halogens is 3. The van der Waals surface area contributed by atoms with E-state index < -0.39 is 35.1 Å². The molecule has 2 heterocycles. The Bertz CT molecular complexity index is 1480. The molecule has 0 spiro atoms. The molecule has 186 valence electrons. The van der Waals surface area contributed by atoms with Gasteiger partial charge in [0, 0.05) is 11.9 Å². The number of nitrogens with one attached hydrogen (secondary N) is 2. The monoisotopic (exact) mass is 501 g/mol. The maximum absolute atomic E-state index is 13.8. The lowest BCUT2D eigenvalue weighted by atomic mass is 10.1. The Balaban J connectivity index is 1.64. The van der Waals surface area contributed by atoms with Crippen molar-refractivity contribution in [1.29, 1.82) is 0 Å². The molecule has 2 N–H and O–H groups in total. The van der Waals surface area contributed by atoms with Crippen LogP contribution in [-0.4, -0.2) is 38.2 Å². The summed E-state index contributed by atoms with van der Waals surface area (Å²) in [6.45, 7) is 1.21. The fourth-order valence-electron chi connectivity index (χ4n) is 3.29. The summed E-state index contributed by atoms with van der Waals surface area (Å²) in [7, 11) is 0. The van der Waals surface area contributed by atoms with Crippen molar-refractivity contribution < 1.29 is 32.2 Å². The number of fused-ring (bicyclic) bond motifs is 1. The Kier molecular flexibility index (Phi) is 6.72. The van der Waals surface area contributed by atoms with Gasteiger partial charge in [-0.15, -0.1) is 0 Å². The van der Waals surface area contributed by atoms with E-state index in [9.17, 15) is 27.6 Å². The summed E-state index contributed by atoms with van der Waals surface area (Å²) in [4.78, 5) is 46.3. The number of benzene rings is 2. The van der Waals surface area contributed by atoms with Gasteiger partial charge in [0.1, 0.15) is 6.61 Å². The second kappa shape index (κ2) is 9.90. The maximum Gasteiger partial charge on any atom is 0.418 e. The first kappa shape index (κ1) is 24.4. The predicted octanol–water partition coefficient (Wildman–Crippen LogP) is 4.05. The van der Waals surface area contributed by atoms with Crippen LogP contribution in [0.3, 0.4) is 0 Å². The zero-order chi connectivity index (χ0) is 25.9. The Hall–Kier alpha value is -4.68. The van der Waals surface area contributed by atoms with E-state index in [1.54, 1.807) is 30.3 Å². The number of carbonyl (C=O) groups is 2. The standard InChI is InChI=1S/C23H18F3N5O5/c1-2-35-21(33)19-20(32)30-16-8-15(23(24,25)26)18(9-17(16)29-19)31-10-14(27-12-31)11-36-22(34)28-13-6-4-3-5-7-13/h3-10,12H,2,11H2,1H3,(H,28,34)(H,30,32). The molecule has 0 unspecified atom stereocenters. The number of anilines is 1. The number of amides is 1. The summed E-state index contributed by atoms with van der Waals surface area (Å²) in [5.41, 5.74) is -2.61. The first-order valence-corrected chi connectivity index (χ1v) is 10.5. The maximum atomic E-state index is 13.8. The fourth-order valence-corrected chi connectivity index (χ4v) is 3.29. The van der Waals surface area contributed by atoms with Crippen molar-refractivity contribution in [3.8, 4) is 5.69 Å². The molecule has 13 heteroatoms. The SMILES string of the molecule is CCOC(=O)c1nc2cc(-n3cnc(COC(=O)Nc4ccccc4)c3)c(C(F)(F)F)cc2[nH]c1=O. The van der Waals surface area contributed by atoms with E-state index in [-0.39, 0.29) is 35.6 Å². The molecular weight excluding hydrogens is 483 g/mol. The quantitative estimate of drug-likeness (QED) is 0.382. The van der Waals surface area contributed by atoms with Gasteiger partial charge in [0.05, 0.1) is 40.9 Å². The van der Waals surface area contributed by atoms with Gasteiger partial charge in [0.25, 0.3) is 5.56 Å². The Labute approximate surface area is 200 Å². The molecule has 0 saturated heterocycles. The minimum atomic E-state index is -4.79. The fraction of sp³-hybridized carbons (Fsp3) is 0.174. The van der Waals surface area contributed by atoms with Crippen LogP contribution in [0, 0.1) is 0 Å². The second-order valence-electron chi connectivity index (χ2n) is 7.36. The average Bonchev–Trinajstić information content (AvgIpc) is 3.31. The number of alkyl halides is 3. The number of nitrogens with zero attached hydrogens (tertiary/aromatic N) is 3. The lowest BCUT2D eigenvalue weighted by Crippen LogP contribution is -2.22. The number of H-pyrrole nitrogens is 1. The van der Waals surface area contributed by atoms with Gasteiger partial charge in [-0.05, 0) is 31.2 Å². The van der Waals surface area contributed by atoms with Crippen molar-refractivity contribution >= 4 is 28.8 Å². The van der Waals surface area contributed by atoms with Crippen LogP contribution in [0.4, 0.5) is 23.7 Å². The number of carbonyl (C=O) groups excluding carboxylic acids is 2. The van der Waals surface area contributed by atoms with Crippen molar-refractivity contribution in [1.82, 2.24) is 19.5 Å². The number of rotatable bonds is 6. The molecule has 0 fully saturated rings. The van der Waals surface area contributed by atoms with Crippen LogP contribution in [0.1, 0.15) is 28.7 Å². The third kappa shape index (κ3) is 5.35. The van der Waals surface area contributed by atoms with Crippen molar-refractivity contribution in [2.75, 3.05) is 11.9 Å². The van der Waals surface area contributed by atoms with Gasteiger partial charge in [-0.3, -0.25) is 10.1 Å². The number of hydrogen-bond donors (Lipinski definition) is 2. The molecule has 0 aliphatic rings. The van der Waals surface area contributed by atoms with Gasteiger partial charge in [0.15, 0.2) is 0 Å². The number of aromatic amines is 1. The van der Waals surface area contributed by atoms with Gasteiger partial charge in [-0.25, -0.2) is 19.6 Å². The normalized spacial score (nSPS) is 11.3. The highest BCUT2D eigenvalue weighted by atomic mass is 19.4. The summed E-state index contributed by atoms with van der Waals surface area (Å²) >= 11 is 0. The van der Waals surface area contributed by atoms with Crippen molar-refractivity contribution in [2.24, 2.45) is 0 Å². The van der Waals surface area contributed by atoms with Crippen LogP contribution in [0.25, 0.3) is 16.7 Å². The highest BCUT2D eigenvalue weighted by Gasteiger charge is 2.35. The summed E-state index contributed by atoms with van der Waals surface area (Å²) in [5.74, 6) is -1.00. The van der Waals surface area contributed by atoms with Gasteiger partial charge in [0.2, 0.25) is 5.69 Å². The molecule has 4 rings (SSSR count). The van der Waals surface area contributed by atoms with Crippen LogP contribution >= 0.6 is 0 Å². The zero-order valence-electron chi connectivity index (χ0n) is 18.6. The first-order chi connectivity index (χ1) is 17.2. The number of imidazole rings is 1. The lowest BCUT2D eigenvalue weighted by Gasteiger charge is -2.14. The van der Waals surface area contributed by atoms with Crippen LogP contribution in [0.5, 0.6) is 0 Å². The Morgan fingerprint density at radius 3 is 2.58 bits per heavy atom. The third-order valence-electron chi connectivity index (χ3n) is 4.87. The second-order valence-corrected chi connectivity index (χ2v) is 7.36. The van der Waals surface area contributed by atoms with E-state index in [1.165, 1.54) is 13.1 Å². The highest BCUT2D eigenvalue weighted by Crippen LogP contribution is 2.35. The minimum absolute atomic E-state index is 0.0144. The molecule has 0 bridgehead atoms. The molecule has 10 nitrogen and oxygen atoms in total. The van der Waals surface area contributed by atoms with E-state index in [0.717, 1.165) is 23.0 Å². The van der Waals surface area contributed by atoms with Crippen LogP contribution in [0.2, 0.25) is 0 Å². The van der Waals surface area contributed by atoms with Gasteiger partial charge in [-0.1, -0.05) is 18.2 Å². The van der Waals surface area contributed by atoms with Crippen molar-refractivity contribution in [2.45, 2.75) is 19.7 Å². The number of ether oxygens (including phenoxy) is 2. The van der Waals surface area contributed by atoms with Crippen LogP contribution in [0.15, 0.2) is 59.8 Å². The Morgan fingerprint density at radius 2 is 1.89 bits per heavy atom. The number of aromatic nitrogens is 4. The predicted molar refractivity (Wildman–Crippen MR) is 121 cm³/mol. The van der Waals surface area contributed by atoms with Gasteiger partial charge in [-0.2, -0.15) is 13.2 Å². The lowest BCUT2D eigenvalue weighted by molar-refractivity contribution is -0.137. The molecule has 1 amide bonds. The van der Waals surface area contributed by atoms with Crippen molar-refractivity contribution in [3.05, 3.63) is 82.3 Å². The summed E-state index contributed by atoms with van der Waals surface area (Å²) in [6.07, 6.45) is -3.19. The number of esters is 1. The molecule has 0 radical (unpaired) electrons. The average molecular weight is 501 g/mol. The van der Waals surface area contributed by atoms with E-state index >= 15 is 0 Å². The van der Waals surface area contributed by atoms with Crippen LogP contribution < -0.4 is 10.9 Å². The molecule has 2 aromatic carbocycles. The molecule has 0 atom stereocenters. The molecule has 4 aromatic rings. The number of para-hydroxylation sites is 1. The molecule has 0 saturated carbocycles. The molecular formula is C23H18F3N5O5.